The number of anilines is 1. The van der Waals surface area contributed by atoms with Gasteiger partial charge < -0.3 is 10.6 Å². The fourth-order valence-corrected chi connectivity index (χ4v) is 2.62. The summed E-state index contributed by atoms with van der Waals surface area (Å²) in [4.78, 5) is 13.9. The summed E-state index contributed by atoms with van der Waals surface area (Å²) in [7, 11) is 1.76. The van der Waals surface area contributed by atoms with E-state index in [1.807, 2.05) is 13.2 Å². The number of nitrogens with two attached hydrogens (primary N) is 1. The number of nitrogen functional groups attached to an aromatic ring is 1. The van der Waals surface area contributed by atoms with Crippen LogP contribution in [0.1, 0.15) is 23.7 Å². The second-order valence-corrected chi connectivity index (χ2v) is 5.08. The summed E-state index contributed by atoms with van der Waals surface area (Å²) in [6.45, 7) is 2.04. The molecule has 1 amide bonds. The van der Waals surface area contributed by atoms with Gasteiger partial charge in [-0.1, -0.05) is 6.92 Å². The highest BCUT2D eigenvalue weighted by atomic mass is 32.2. The minimum absolute atomic E-state index is 0.159. The predicted octanol–water partition coefficient (Wildman–Crippen LogP) is 2.62. The fourth-order valence-electron chi connectivity index (χ4n) is 1.78. The molecule has 0 aromatic heterocycles. The molecule has 18 heavy (non-hydrogen) atoms. The van der Waals surface area contributed by atoms with Crippen LogP contribution in [0.3, 0.4) is 0 Å². The topological polar surface area (TPSA) is 46.3 Å². The molecule has 1 unspecified atom stereocenters. The molecule has 0 heterocycles. The van der Waals surface area contributed by atoms with E-state index in [0.717, 1.165) is 12.2 Å². The van der Waals surface area contributed by atoms with Crippen molar-refractivity contribution in [3.05, 3.63) is 29.6 Å². The van der Waals surface area contributed by atoms with Crippen LogP contribution in [0, 0.1) is 5.82 Å². The third kappa shape index (κ3) is 3.38. The number of thioether (sulfide) groups is 1. The Morgan fingerprint density at radius 3 is 2.72 bits per heavy atom. The van der Waals surface area contributed by atoms with Crippen LogP contribution in [0.15, 0.2) is 18.2 Å². The molecule has 5 heteroatoms. The monoisotopic (exact) mass is 270 g/mol. The van der Waals surface area contributed by atoms with Gasteiger partial charge in [-0.15, -0.1) is 0 Å². The number of carbonyl (C=O) groups excluding carboxylic acids is 1. The molecule has 3 nitrogen and oxygen atoms in total. The van der Waals surface area contributed by atoms with Crippen molar-refractivity contribution in [1.82, 2.24) is 4.90 Å². The van der Waals surface area contributed by atoms with Gasteiger partial charge in [-0.2, -0.15) is 11.8 Å². The first-order valence-corrected chi connectivity index (χ1v) is 7.21. The zero-order valence-corrected chi connectivity index (χ0v) is 11.8. The van der Waals surface area contributed by atoms with Crippen LogP contribution < -0.4 is 5.73 Å². The van der Waals surface area contributed by atoms with Gasteiger partial charge in [0.05, 0.1) is 5.56 Å². The molecular weight excluding hydrogens is 251 g/mol. The third-order valence-electron chi connectivity index (χ3n) is 2.94. The number of hydrogen-bond acceptors (Lipinski definition) is 3. The van der Waals surface area contributed by atoms with Crippen LogP contribution in [-0.2, 0) is 0 Å². The predicted molar refractivity (Wildman–Crippen MR) is 75.4 cm³/mol. The Hall–Kier alpha value is -1.23. The van der Waals surface area contributed by atoms with Crippen LogP contribution in [0.25, 0.3) is 0 Å². The van der Waals surface area contributed by atoms with Gasteiger partial charge in [0.1, 0.15) is 5.82 Å². The normalized spacial score (nSPS) is 12.2. The van der Waals surface area contributed by atoms with E-state index in [2.05, 4.69) is 0 Å². The molecule has 0 saturated heterocycles. The average Bonchev–Trinajstić information content (AvgIpc) is 2.34. The summed E-state index contributed by atoms with van der Waals surface area (Å²) < 4.78 is 12.9. The van der Waals surface area contributed by atoms with Crippen molar-refractivity contribution in [2.24, 2.45) is 0 Å². The molecule has 0 aliphatic heterocycles. The Bertz CT molecular complexity index is 425. The van der Waals surface area contributed by atoms with Crippen LogP contribution in [-0.4, -0.2) is 35.9 Å². The number of amides is 1. The number of halogens is 1. The molecule has 100 valence electrons. The van der Waals surface area contributed by atoms with Crippen LogP contribution in [0.5, 0.6) is 0 Å². The second-order valence-electron chi connectivity index (χ2n) is 4.17. The van der Waals surface area contributed by atoms with Crippen LogP contribution in [0.2, 0.25) is 0 Å². The van der Waals surface area contributed by atoms with Crippen molar-refractivity contribution in [3.8, 4) is 0 Å². The summed E-state index contributed by atoms with van der Waals surface area (Å²) in [5.74, 6) is 0.288. The average molecular weight is 270 g/mol. The number of rotatable bonds is 5. The first-order chi connectivity index (χ1) is 8.51. The molecule has 1 rings (SSSR count). The highest BCUT2D eigenvalue weighted by Gasteiger charge is 2.21. The molecule has 0 bridgehead atoms. The highest BCUT2D eigenvalue weighted by molar-refractivity contribution is 7.98. The van der Waals surface area contributed by atoms with Gasteiger partial charge in [0.15, 0.2) is 0 Å². The van der Waals surface area contributed by atoms with Gasteiger partial charge in [0.25, 0.3) is 5.91 Å². The van der Waals surface area contributed by atoms with Crippen molar-refractivity contribution in [3.63, 3.8) is 0 Å². The number of benzene rings is 1. The lowest BCUT2D eigenvalue weighted by molar-refractivity contribution is 0.0744. The molecule has 1 atom stereocenters. The van der Waals surface area contributed by atoms with Crippen molar-refractivity contribution in [2.45, 2.75) is 19.4 Å². The molecule has 0 aliphatic carbocycles. The van der Waals surface area contributed by atoms with E-state index in [-0.39, 0.29) is 17.6 Å². The summed E-state index contributed by atoms with van der Waals surface area (Å²) in [6.07, 6.45) is 2.89. The quantitative estimate of drug-likeness (QED) is 0.837. The summed E-state index contributed by atoms with van der Waals surface area (Å²) in [6, 6.07) is 4.04. The maximum absolute atomic E-state index is 12.9. The zero-order valence-electron chi connectivity index (χ0n) is 10.9. The summed E-state index contributed by atoms with van der Waals surface area (Å²) in [5.41, 5.74) is 6.23. The molecule has 2 N–H and O–H groups in total. The summed E-state index contributed by atoms with van der Waals surface area (Å²) >= 11 is 1.70. The zero-order chi connectivity index (χ0) is 13.7. The lowest BCUT2D eigenvalue weighted by atomic mass is 10.1. The van der Waals surface area contributed by atoms with E-state index >= 15 is 0 Å². The van der Waals surface area contributed by atoms with Gasteiger partial charge in [-0.25, -0.2) is 4.39 Å². The van der Waals surface area contributed by atoms with Gasteiger partial charge in [0.2, 0.25) is 0 Å². The van der Waals surface area contributed by atoms with Crippen molar-refractivity contribution < 1.29 is 9.18 Å². The minimum atomic E-state index is -0.428. The fraction of sp³-hybridized carbons (Fsp3) is 0.462. The van der Waals surface area contributed by atoms with Crippen LogP contribution in [0.4, 0.5) is 10.1 Å². The standard InChI is InChI=1S/C13H19FN2OS/c1-4-10(8-18-3)16(2)13(17)11-6-5-9(14)7-12(11)15/h5-7,10H,4,8,15H2,1-3H3. The Labute approximate surface area is 112 Å². The van der Waals surface area contributed by atoms with Gasteiger partial charge >= 0.3 is 0 Å². The van der Waals surface area contributed by atoms with E-state index in [1.165, 1.54) is 18.2 Å². The van der Waals surface area contributed by atoms with Crippen molar-refractivity contribution >= 4 is 23.4 Å². The van der Waals surface area contributed by atoms with E-state index in [4.69, 9.17) is 5.73 Å². The number of hydrogen-bond donors (Lipinski definition) is 1. The molecular formula is C13H19FN2OS. The van der Waals surface area contributed by atoms with Gasteiger partial charge in [-0.05, 0) is 30.9 Å². The van der Waals surface area contributed by atoms with E-state index < -0.39 is 5.82 Å². The molecule has 1 aromatic carbocycles. The maximum Gasteiger partial charge on any atom is 0.255 e. The Kier molecular flexibility index (Phi) is 5.47. The molecule has 0 saturated carbocycles. The molecule has 0 fully saturated rings. The SMILES string of the molecule is CCC(CSC)N(C)C(=O)c1ccc(F)cc1N. The molecule has 0 radical (unpaired) electrons. The number of nitrogens with zero attached hydrogens (tertiary/aromatic N) is 1. The minimum Gasteiger partial charge on any atom is -0.398 e. The van der Waals surface area contributed by atoms with Crippen molar-refractivity contribution in [2.75, 3.05) is 24.8 Å². The van der Waals surface area contributed by atoms with E-state index in [1.54, 1.807) is 23.7 Å². The first kappa shape index (κ1) is 14.8. The van der Waals surface area contributed by atoms with E-state index in [9.17, 15) is 9.18 Å². The Morgan fingerprint density at radius 1 is 1.56 bits per heavy atom. The lowest BCUT2D eigenvalue weighted by Crippen LogP contribution is -2.38. The first-order valence-electron chi connectivity index (χ1n) is 5.82. The lowest BCUT2D eigenvalue weighted by Gasteiger charge is -2.27. The summed E-state index contributed by atoms with van der Waals surface area (Å²) in [5, 5.41) is 0. The highest BCUT2D eigenvalue weighted by Crippen LogP contribution is 2.18. The second kappa shape index (κ2) is 6.64. The Balaban J connectivity index is 2.91. The van der Waals surface area contributed by atoms with Crippen molar-refractivity contribution in [1.29, 1.82) is 0 Å². The largest absolute Gasteiger partial charge is 0.398 e. The number of carbonyl (C=O) groups is 1. The van der Waals surface area contributed by atoms with Gasteiger partial charge in [0, 0.05) is 24.5 Å². The maximum atomic E-state index is 12.9. The van der Waals surface area contributed by atoms with Gasteiger partial charge in [-0.3, -0.25) is 4.79 Å². The molecule has 1 aromatic rings. The van der Waals surface area contributed by atoms with E-state index in [0.29, 0.717) is 5.56 Å². The Morgan fingerprint density at radius 2 is 2.22 bits per heavy atom. The third-order valence-corrected chi connectivity index (χ3v) is 3.66. The molecule has 0 aliphatic rings. The molecule has 0 spiro atoms. The smallest absolute Gasteiger partial charge is 0.255 e. The van der Waals surface area contributed by atoms with Crippen LogP contribution >= 0.6 is 11.8 Å².